The zero-order valence-electron chi connectivity index (χ0n) is 11.4. The number of para-hydroxylation sites is 1. The normalized spacial score (nSPS) is 19.6. The molecule has 98 valence electrons. The summed E-state index contributed by atoms with van der Waals surface area (Å²) in [7, 11) is 0. The Morgan fingerprint density at radius 1 is 1.44 bits per heavy atom. The molecule has 2 rings (SSSR count). The van der Waals surface area contributed by atoms with Crippen LogP contribution in [0, 0.1) is 0 Å². The zero-order chi connectivity index (χ0) is 13.3. The zero-order valence-corrected chi connectivity index (χ0v) is 11.4. The summed E-state index contributed by atoms with van der Waals surface area (Å²) in [4.78, 5) is 14.2. The predicted molar refractivity (Wildman–Crippen MR) is 74.7 cm³/mol. The summed E-state index contributed by atoms with van der Waals surface area (Å²) in [6.45, 7) is 6.80. The van der Waals surface area contributed by atoms with E-state index in [1.807, 2.05) is 36.9 Å². The first-order valence-corrected chi connectivity index (χ1v) is 6.56. The van der Waals surface area contributed by atoms with Crippen LogP contribution < -0.4 is 10.6 Å². The number of fused-ring (bicyclic) bond motifs is 1. The van der Waals surface area contributed by atoms with Crippen molar-refractivity contribution in [2.24, 2.45) is 5.73 Å². The molecule has 1 aromatic carbocycles. The van der Waals surface area contributed by atoms with E-state index in [0.717, 1.165) is 18.7 Å². The molecule has 0 bridgehead atoms. The van der Waals surface area contributed by atoms with E-state index < -0.39 is 5.54 Å². The van der Waals surface area contributed by atoms with Crippen molar-refractivity contribution >= 4 is 11.6 Å². The van der Waals surface area contributed by atoms with E-state index in [1.54, 1.807) is 0 Å². The van der Waals surface area contributed by atoms with E-state index in [-0.39, 0.29) is 5.91 Å². The fourth-order valence-electron chi connectivity index (χ4n) is 2.49. The predicted octanol–water partition coefficient (Wildman–Crippen LogP) is 2.65. The van der Waals surface area contributed by atoms with Gasteiger partial charge in [0.1, 0.15) is 0 Å². The topological polar surface area (TPSA) is 46.3 Å². The third-order valence-corrected chi connectivity index (χ3v) is 3.45. The first-order valence-electron chi connectivity index (χ1n) is 6.56. The van der Waals surface area contributed by atoms with Gasteiger partial charge in [0.25, 0.3) is 0 Å². The van der Waals surface area contributed by atoms with Crippen molar-refractivity contribution in [3.63, 3.8) is 0 Å². The summed E-state index contributed by atoms with van der Waals surface area (Å²) >= 11 is 0. The molecule has 2 N–H and O–H groups in total. The number of anilines is 1. The fourth-order valence-corrected chi connectivity index (χ4v) is 2.49. The number of benzene rings is 1. The van der Waals surface area contributed by atoms with E-state index in [0.29, 0.717) is 12.3 Å². The summed E-state index contributed by atoms with van der Waals surface area (Å²) in [5, 5.41) is 0. The van der Waals surface area contributed by atoms with Crippen LogP contribution in [0.1, 0.15) is 45.1 Å². The molecule has 1 heterocycles. The lowest BCUT2D eigenvalue weighted by Gasteiger charge is -2.34. The minimum Gasteiger partial charge on any atom is -0.325 e. The van der Waals surface area contributed by atoms with Crippen molar-refractivity contribution in [1.29, 1.82) is 0 Å². The van der Waals surface area contributed by atoms with Crippen LogP contribution in [0.2, 0.25) is 0 Å². The van der Waals surface area contributed by atoms with Crippen LogP contribution in [0.4, 0.5) is 5.69 Å². The average Bonchev–Trinajstić information content (AvgIpc) is 2.27. The number of nitrogens with two attached hydrogens (primary N) is 1. The average molecular weight is 246 g/mol. The molecule has 1 amide bonds. The Bertz CT molecular complexity index is 448. The fraction of sp³-hybridized carbons (Fsp3) is 0.533. The summed E-state index contributed by atoms with van der Waals surface area (Å²) in [6, 6.07) is 8.18. The van der Waals surface area contributed by atoms with Gasteiger partial charge in [0.05, 0.1) is 0 Å². The summed E-state index contributed by atoms with van der Waals surface area (Å²) in [5.74, 6) is 0.651. The van der Waals surface area contributed by atoms with E-state index in [1.165, 1.54) is 5.56 Å². The number of carbonyl (C=O) groups excluding carboxylic acids is 1. The summed E-state index contributed by atoms with van der Waals surface area (Å²) in [6.07, 6.45) is 1.41. The van der Waals surface area contributed by atoms with Gasteiger partial charge in [-0.15, -0.1) is 0 Å². The van der Waals surface area contributed by atoms with Gasteiger partial charge in [-0.05, 0) is 37.8 Å². The maximum Gasteiger partial charge on any atom is 0.228 e. The maximum atomic E-state index is 12.3. The van der Waals surface area contributed by atoms with Crippen molar-refractivity contribution in [3.8, 4) is 0 Å². The molecule has 18 heavy (non-hydrogen) atoms. The van der Waals surface area contributed by atoms with E-state index in [4.69, 9.17) is 5.73 Å². The van der Waals surface area contributed by atoms with Gasteiger partial charge in [0.2, 0.25) is 5.91 Å². The first-order chi connectivity index (χ1) is 8.38. The number of nitrogens with zero attached hydrogens (tertiary/aromatic N) is 1. The highest BCUT2D eigenvalue weighted by atomic mass is 16.2. The Morgan fingerprint density at radius 2 is 2.11 bits per heavy atom. The highest BCUT2D eigenvalue weighted by molar-refractivity contribution is 5.95. The van der Waals surface area contributed by atoms with Gasteiger partial charge in [-0.3, -0.25) is 4.79 Å². The Kier molecular flexibility index (Phi) is 3.44. The second-order valence-corrected chi connectivity index (χ2v) is 5.96. The molecule has 0 aliphatic carbocycles. The molecular formula is C15H22N2O. The Morgan fingerprint density at radius 3 is 2.78 bits per heavy atom. The third kappa shape index (κ3) is 2.72. The Balaban J connectivity index is 2.26. The maximum absolute atomic E-state index is 12.3. The van der Waals surface area contributed by atoms with E-state index in [9.17, 15) is 4.79 Å². The summed E-state index contributed by atoms with van der Waals surface area (Å²) in [5.41, 5.74) is 7.82. The molecule has 3 heteroatoms. The molecule has 1 aliphatic heterocycles. The highest BCUT2D eigenvalue weighted by Crippen LogP contribution is 2.35. The number of hydrogen-bond acceptors (Lipinski definition) is 2. The molecule has 0 radical (unpaired) electrons. The number of rotatable bonds is 2. The van der Waals surface area contributed by atoms with Gasteiger partial charge in [-0.2, -0.15) is 0 Å². The minimum atomic E-state index is -0.449. The molecule has 3 nitrogen and oxygen atoms in total. The van der Waals surface area contributed by atoms with Gasteiger partial charge < -0.3 is 10.6 Å². The van der Waals surface area contributed by atoms with Gasteiger partial charge >= 0.3 is 0 Å². The molecule has 0 spiro atoms. The molecule has 0 aromatic heterocycles. The van der Waals surface area contributed by atoms with Crippen molar-refractivity contribution < 1.29 is 4.79 Å². The van der Waals surface area contributed by atoms with Crippen LogP contribution in [0.5, 0.6) is 0 Å². The molecule has 1 unspecified atom stereocenters. The molecule has 1 atom stereocenters. The van der Waals surface area contributed by atoms with Crippen molar-refractivity contribution in [2.45, 2.75) is 45.1 Å². The molecule has 1 aromatic rings. The monoisotopic (exact) mass is 246 g/mol. The van der Waals surface area contributed by atoms with Gasteiger partial charge in [0, 0.05) is 24.2 Å². The smallest absolute Gasteiger partial charge is 0.228 e. The second kappa shape index (κ2) is 4.73. The largest absolute Gasteiger partial charge is 0.325 e. The van der Waals surface area contributed by atoms with Crippen LogP contribution in [0.3, 0.4) is 0 Å². The molecule has 0 saturated heterocycles. The van der Waals surface area contributed by atoms with Crippen molar-refractivity contribution in [2.75, 3.05) is 11.4 Å². The van der Waals surface area contributed by atoms with Crippen molar-refractivity contribution in [1.82, 2.24) is 0 Å². The number of hydrogen-bond donors (Lipinski definition) is 1. The Hall–Kier alpha value is -1.35. The number of amides is 1. The standard InChI is InChI=1S/C15H22N2O/c1-11-8-9-17(14(18)10-15(2,3)16)13-7-5-4-6-12(11)13/h4-7,11H,8-10,16H2,1-3H3. The number of carbonyl (C=O) groups is 1. The van der Waals surface area contributed by atoms with E-state index in [2.05, 4.69) is 13.0 Å². The van der Waals surface area contributed by atoms with Crippen molar-refractivity contribution in [3.05, 3.63) is 29.8 Å². The van der Waals surface area contributed by atoms with Gasteiger partial charge in [-0.25, -0.2) is 0 Å². The quantitative estimate of drug-likeness (QED) is 0.872. The van der Waals surface area contributed by atoms with Crippen LogP contribution in [0.15, 0.2) is 24.3 Å². The highest BCUT2D eigenvalue weighted by Gasteiger charge is 2.28. The van der Waals surface area contributed by atoms with Crippen LogP contribution in [-0.4, -0.2) is 18.0 Å². The van der Waals surface area contributed by atoms with Gasteiger partial charge in [-0.1, -0.05) is 25.1 Å². The lowest BCUT2D eigenvalue weighted by molar-refractivity contribution is -0.119. The van der Waals surface area contributed by atoms with Gasteiger partial charge in [0.15, 0.2) is 0 Å². The molecule has 1 aliphatic rings. The second-order valence-electron chi connectivity index (χ2n) is 5.96. The molecule has 0 saturated carbocycles. The summed E-state index contributed by atoms with van der Waals surface area (Å²) < 4.78 is 0. The first kappa shape index (κ1) is 13.1. The molecule has 0 fully saturated rings. The lowest BCUT2D eigenvalue weighted by atomic mass is 9.90. The lowest BCUT2D eigenvalue weighted by Crippen LogP contribution is -2.43. The van der Waals surface area contributed by atoms with Crippen LogP contribution in [0.25, 0.3) is 0 Å². The third-order valence-electron chi connectivity index (χ3n) is 3.45. The Labute approximate surface area is 109 Å². The van der Waals surface area contributed by atoms with Crippen LogP contribution >= 0.6 is 0 Å². The van der Waals surface area contributed by atoms with E-state index >= 15 is 0 Å². The molecular weight excluding hydrogens is 224 g/mol. The minimum absolute atomic E-state index is 0.127. The SMILES string of the molecule is CC1CCN(C(=O)CC(C)(C)N)c2ccccc21. The van der Waals surface area contributed by atoms with Crippen LogP contribution in [-0.2, 0) is 4.79 Å².